The minimum absolute atomic E-state index is 0.0181. The number of hydrogen-bond donors (Lipinski definition) is 2. The summed E-state index contributed by atoms with van der Waals surface area (Å²) in [4.78, 5) is 4.33. The van der Waals surface area contributed by atoms with E-state index in [9.17, 15) is 0 Å². The molecule has 3 rings (SSSR count). The first-order valence-electron chi connectivity index (χ1n) is 6.91. The van der Waals surface area contributed by atoms with Gasteiger partial charge in [-0.05, 0) is 23.3 Å². The van der Waals surface area contributed by atoms with E-state index in [4.69, 9.17) is 5.73 Å². The van der Waals surface area contributed by atoms with Crippen molar-refractivity contribution in [3.8, 4) is 0 Å². The van der Waals surface area contributed by atoms with Crippen molar-refractivity contribution in [1.82, 2.24) is 4.98 Å². The Morgan fingerprint density at radius 2 is 1.33 bits per heavy atom. The van der Waals surface area contributed by atoms with Crippen molar-refractivity contribution in [3.63, 3.8) is 0 Å². The smallest absolute Gasteiger partial charge is 0.149 e. The number of nitrogens with two attached hydrogens (primary N) is 1. The van der Waals surface area contributed by atoms with Gasteiger partial charge in [0.2, 0.25) is 0 Å². The van der Waals surface area contributed by atoms with Crippen molar-refractivity contribution < 1.29 is 0 Å². The SMILES string of the molecule is Nc1cccnc1NC(c1ccccc1)c1ccccc1. The number of aromatic nitrogens is 1. The molecule has 0 aliphatic rings. The molecule has 0 aliphatic heterocycles. The summed E-state index contributed by atoms with van der Waals surface area (Å²) in [6, 6.07) is 24.3. The number of nitrogens with one attached hydrogen (secondary N) is 1. The van der Waals surface area contributed by atoms with Gasteiger partial charge in [0, 0.05) is 6.20 Å². The molecule has 0 fully saturated rings. The standard InChI is InChI=1S/C18H17N3/c19-16-12-7-13-20-18(16)21-17(14-8-3-1-4-9-14)15-10-5-2-6-11-15/h1-13,17H,19H2,(H,20,21). The predicted molar refractivity (Wildman–Crippen MR) is 87.0 cm³/mol. The Kier molecular flexibility index (Phi) is 3.83. The molecule has 0 amide bonds. The molecule has 1 heterocycles. The van der Waals surface area contributed by atoms with Crippen LogP contribution in [0.5, 0.6) is 0 Å². The van der Waals surface area contributed by atoms with Gasteiger partial charge in [-0.3, -0.25) is 0 Å². The molecular weight excluding hydrogens is 258 g/mol. The summed E-state index contributed by atoms with van der Waals surface area (Å²) in [5, 5.41) is 3.44. The summed E-state index contributed by atoms with van der Waals surface area (Å²) in [5.41, 5.74) is 9.00. The van der Waals surface area contributed by atoms with Gasteiger partial charge < -0.3 is 11.1 Å². The molecular formula is C18H17N3. The molecule has 21 heavy (non-hydrogen) atoms. The molecule has 3 nitrogen and oxygen atoms in total. The monoisotopic (exact) mass is 275 g/mol. The predicted octanol–water partition coefficient (Wildman–Crippen LogP) is 3.87. The fourth-order valence-corrected chi connectivity index (χ4v) is 2.33. The summed E-state index contributed by atoms with van der Waals surface area (Å²) < 4.78 is 0. The third kappa shape index (κ3) is 3.03. The highest BCUT2D eigenvalue weighted by molar-refractivity contribution is 5.62. The lowest BCUT2D eigenvalue weighted by Crippen LogP contribution is -2.14. The van der Waals surface area contributed by atoms with E-state index in [-0.39, 0.29) is 6.04 Å². The highest BCUT2D eigenvalue weighted by atomic mass is 15.0. The molecule has 0 bridgehead atoms. The van der Waals surface area contributed by atoms with Gasteiger partial charge in [0.1, 0.15) is 5.82 Å². The summed E-state index contributed by atoms with van der Waals surface area (Å²) in [6.45, 7) is 0. The van der Waals surface area contributed by atoms with Crippen molar-refractivity contribution in [2.75, 3.05) is 11.1 Å². The Balaban J connectivity index is 1.99. The number of rotatable bonds is 4. The van der Waals surface area contributed by atoms with Crippen LogP contribution in [0.25, 0.3) is 0 Å². The second kappa shape index (κ2) is 6.09. The topological polar surface area (TPSA) is 50.9 Å². The molecule has 0 atom stereocenters. The largest absolute Gasteiger partial charge is 0.396 e. The van der Waals surface area contributed by atoms with E-state index in [1.807, 2.05) is 48.5 Å². The van der Waals surface area contributed by atoms with Gasteiger partial charge >= 0.3 is 0 Å². The zero-order valence-electron chi connectivity index (χ0n) is 11.6. The second-order valence-corrected chi connectivity index (χ2v) is 4.84. The minimum Gasteiger partial charge on any atom is -0.396 e. The zero-order valence-corrected chi connectivity index (χ0v) is 11.6. The Bertz CT molecular complexity index is 656. The van der Waals surface area contributed by atoms with Crippen LogP contribution >= 0.6 is 0 Å². The Labute approximate surface area is 124 Å². The third-order valence-electron chi connectivity index (χ3n) is 3.39. The first kappa shape index (κ1) is 13.2. The van der Waals surface area contributed by atoms with Crippen LogP contribution in [-0.2, 0) is 0 Å². The number of hydrogen-bond acceptors (Lipinski definition) is 3. The maximum absolute atomic E-state index is 6.00. The maximum Gasteiger partial charge on any atom is 0.149 e. The van der Waals surface area contributed by atoms with Crippen molar-refractivity contribution in [2.45, 2.75) is 6.04 Å². The maximum atomic E-state index is 6.00. The lowest BCUT2D eigenvalue weighted by molar-refractivity contribution is 0.928. The molecule has 0 radical (unpaired) electrons. The van der Waals surface area contributed by atoms with Crippen LogP contribution < -0.4 is 11.1 Å². The van der Waals surface area contributed by atoms with E-state index in [1.54, 1.807) is 6.20 Å². The van der Waals surface area contributed by atoms with Crippen LogP contribution in [0.2, 0.25) is 0 Å². The zero-order chi connectivity index (χ0) is 14.5. The minimum atomic E-state index is 0.0181. The van der Waals surface area contributed by atoms with Gasteiger partial charge in [-0.15, -0.1) is 0 Å². The van der Waals surface area contributed by atoms with E-state index in [1.165, 1.54) is 11.1 Å². The van der Waals surface area contributed by atoms with Crippen molar-refractivity contribution in [2.24, 2.45) is 0 Å². The average Bonchev–Trinajstić information content (AvgIpc) is 2.56. The quantitative estimate of drug-likeness (QED) is 0.760. The van der Waals surface area contributed by atoms with E-state index in [2.05, 4.69) is 34.6 Å². The van der Waals surface area contributed by atoms with E-state index >= 15 is 0 Å². The van der Waals surface area contributed by atoms with Crippen molar-refractivity contribution in [1.29, 1.82) is 0 Å². The molecule has 104 valence electrons. The van der Waals surface area contributed by atoms with Gasteiger partial charge in [-0.2, -0.15) is 0 Å². The summed E-state index contributed by atoms with van der Waals surface area (Å²) in [5.74, 6) is 0.704. The molecule has 0 spiro atoms. The highest BCUT2D eigenvalue weighted by Gasteiger charge is 2.15. The summed E-state index contributed by atoms with van der Waals surface area (Å²) in [6.07, 6.45) is 1.74. The van der Waals surface area contributed by atoms with Crippen LogP contribution in [0.4, 0.5) is 11.5 Å². The Morgan fingerprint density at radius 1 is 0.762 bits per heavy atom. The van der Waals surface area contributed by atoms with Crippen LogP contribution in [-0.4, -0.2) is 4.98 Å². The third-order valence-corrected chi connectivity index (χ3v) is 3.39. The van der Waals surface area contributed by atoms with Crippen molar-refractivity contribution >= 4 is 11.5 Å². The number of nitrogen functional groups attached to an aromatic ring is 1. The first-order valence-corrected chi connectivity index (χ1v) is 6.91. The van der Waals surface area contributed by atoms with E-state index in [0.29, 0.717) is 11.5 Å². The molecule has 0 unspecified atom stereocenters. The second-order valence-electron chi connectivity index (χ2n) is 4.84. The average molecular weight is 275 g/mol. The van der Waals surface area contributed by atoms with E-state index < -0.39 is 0 Å². The van der Waals surface area contributed by atoms with Gasteiger partial charge in [0.05, 0.1) is 11.7 Å². The number of anilines is 2. The Morgan fingerprint density at radius 3 is 1.86 bits per heavy atom. The van der Waals surface area contributed by atoms with Crippen LogP contribution in [0.1, 0.15) is 17.2 Å². The molecule has 0 aliphatic carbocycles. The van der Waals surface area contributed by atoms with Crippen LogP contribution in [0, 0.1) is 0 Å². The van der Waals surface area contributed by atoms with E-state index in [0.717, 1.165) is 0 Å². The fraction of sp³-hybridized carbons (Fsp3) is 0.0556. The van der Waals surface area contributed by atoms with Gasteiger partial charge in [-0.1, -0.05) is 60.7 Å². The lowest BCUT2D eigenvalue weighted by atomic mass is 9.99. The molecule has 3 heteroatoms. The first-order chi connectivity index (χ1) is 10.3. The van der Waals surface area contributed by atoms with Crippen molar-refractivity contribution in [3.05, 3.63) is 90.1 Å². The molecule has 2 aromatic carbocycles. The fourth-order valence-electron chi connectivity index (χ4n) is 2.33. The van der Waals surface area contributed by atoms with Crippen LogP contribution in [0.15, 0.2) is 79.0 Å². The van der Waals surface area contributed by atoms with Gasteiger partial charge in [-0.25, -0.2) is 4.98 Å². The normalized spacial score (nSPS) is 10.5. The van der Waals surface area contributed by atoms with Gasteiger partial charge in [0.25, 0.3) is 0 Å². The van der Waals surface area contributed by atoms with Gasteiger partial charge in [0.15, 0.2) is 0 Å². The molecule has 0 saturated carbocycles. The molecule has 3 aromatic rings. The lowest BCUT2D eigenvalue weighted by Gasteiger charge is -2.21. The Hall–Kier alpha value is -2.81. The summed E-state index contributed by atoms with van der Waals surface area (Å²) >= 11 is 0. The molecule has 3 N–H and O–H groups in total. The highest BCUT2D eigenvalue weighted by Crippen LogP contribution is 2.27. The molecule has 1 aromatic heterocycles. The summed E-state index contributed by atoms with van der Waals surface area (Å²) in [7, 11) is 0. The van der Waals surface area contributed by atoms with Crippen LogP contribution in [0.3, 0.4) is 0 Å². The molecule has 0 saturated heterocycles. The number of pyridine rings is 1. The number of nitrogens with zero attached hydrogens (tertiary/aromatic N) is 1. The number of benzene rings is 2.